The SMILES string of the molecule is Cc1csc(=O)n1CCC(=O)NCCc1cnn(-c2ccccc2)c1. The maximum Gasteiger partial charge on any atom is 0.307 e. The van der Waals surface area contributed by atoms with Crippen molar-refractivity contribution in [2.75, 3.05) is 6.54 Å². The Balaban J connectivity index is 1.44. The third-order valence-electron chi connectivity index (χ3n) is 3.93. The minimum Gasteiger partial charge on any atom is -0.356 e. The van der Waals surface area contributed by atoms with Gasteiger partial charge in [-0.25, -0.2) is 4.68 Å². The summed E-state index contributed by atoms with van der Waals surface area (Å²) in [5.41, 5.74) is 2.97. The Hall–Kier alpha value is -2.67. The largest absolute Gasteiger partial charge is 0.356 e. The lowest BCUT2D eigenvalue weighted by atomic mass is 10.2. The van der Waals surface area contributed by atoms with E-state index in [0.29, 0.717) is 19.5 Å². The number of nitrogens with zero attached hydrogens (tertiary/aromatic N) is 3. The van der Waals surface area contributed by atoms with Crippen LogP contribution in [0.25, 0.3) is 5.69 Å². The lowest BCUT2D eigenvalue weighted by Crippen LogP contribution is -2.28. The molecular weight excluding hydrogens is 336 g/mol. The fraction of sp³-hybridized carbons (Fsp3) is 0.278. The number of carbonyl (C=O) groups is 1. The van der Waals surface area contributed by atoms with E-state index in [0.717, 1.165) is 34.7 Å². The number of carbonyl (C=O) groups excluding carboxylic acids is 1. The van der Waals surface area contributed by atoms with Gasteiger partial charge in [0.15, 0.2) is 0 Å². The first-order chi connectivity index (χ1) is 12.1. The Kier molecular flexibility index (Phi) is 5.45. The number of amides is 1. The van der Waals surface area contributed by atoms with E-state index in [2.05, 4.69) is 10.4 Å². The van der Waals surface area contributed by atoms with Crippen LogP contribution in [-0.4, -0.2) is 26.8 Å². The summed E-state index contributed by atoms with van der Waals surface area (Å²) in [6.07, 6.45) is 4.81. The van der Waals surface area contributed by atoms with Crippen molar-refractivity contribution < 1.29 is 4.79 Å². The van der Waals surface area contributed by atoms with Gasteiger partial charge in [-0.3, -0.25) is 9.59 Å². The number of hydrogen-bond donors (Lipinski definition) is 1. The second-order valence-corrected chi connectivity index (χ2v) is 6.59. The Labute approximate surface area is 149 Å². The standard InChI is InChI=1S/C18H20N4O2S/c1-14-13-25-18(24)21(14)10-8-17(23)19-9-7-15-11-20-22(12-15)16-5-3-2-4-6-16/h2-6,11-13H,7-10H2,1H3,(H,19,23). The summed E-state index contributed by atoms with van der Waals surface area (Å²) < 4.78 is 3.46. The molecule has 25 heavy (non-hydrogen) atoms. The molecule has 3 aromatic rings. The molecule has 0 radical (unpaired) electrons. The lowest BCUT2D eigenvalue weighted by Gasteiger charge is -2.06. The summed E-state index contributed by atoms with van der Waals surface area (Å²) in [7, 11) is 0. The van der Waals surface area contributed by atoms with Gasteiger partial charge in [0.05, 0.1) is 11.9 Å². The first kappa shape index (κ1) is 17.2. The van der Waals surface area contributed by atoms with Gasteiger partial charge in [0.1, 0.15) is 0 Å². The Morgan fingerprint density at radius 3 is 2.80 bits per heavy atom. The number of hydrogen-bond acceptors (Lipinski definition) is 4. The summed E-state index contributed by atoms with van der Waals surface area (Å²) in [6, 6.07) is 9.89. The van der Waals surface area contributed by atoms with Crippen LogP contribution in [0.2, 0.25) is 0 Å². The maximum absolute atomic E-state index is 11.9. The Bertz CT molecular complexity index is 895. The highest BCUT2D eigenvalue weighted by molar-refractivity contribution is 7.07. The third kappa shape index (κ3) is 4.45. The van der Waals surface area contributed by atoms with E-state index < -0.39 is 0 Å². The normalized spacial score (nSPS) is 10.8. The van der Waals surface area contributed by atoms with Crippen molar-refractivity contribution in [3.8, 4) is 5.69 Å². The van der Waals surface area contributed by atoms with Gasteiger partial charge in [0.2, 0.25) is 5.91 Å². The van der Waals surface area contributed by atoms with E-state index in [1.165, 1.54) is 0 Å². The van der Waals surface area contributed by atoms with Gasteiger partial charge in [-0.15, -0.1) is 0 Å². The van der Waals surface area contributed by atoms with Gasteiger partial charge in [0.25, 0.3) is 0 Å². The molecule has 6 nitrogen and oxygen atoms in total. The van der Waals surface area contributed by atoms with Crippen molar-refractivity contribution in [2.45, 2.75) is 26.3 Å². The molecule has 1 aromatic carbocycles. The minimum atomic E-state index is -0.0482. The monoisotopic (exact) mass is 356 g/mol. The number of rotatable bonds is 7. The van der Waals surface area contributed by atoms with Crippen LogP contribution >= 0.6 is 11.3 Å². The fourth-order valence-electron chi connectivity index (χ4n) is 2.53. The second-order valence-electron chi connectivity index (χ2n) is 5.77. The van der Waals surface area contributed by atoms with E-state index in [1.807, 2.05) is 59.7 Å². The number of nitrogens with one attached hydrogen (secondary N) is 1. The van der Waals surface area contributed by atoms with Gasteiger partial charge in [-0.05, 0) is 31.0 Å². The van der Waals surface area contributed by atoms with Crippen LogP contribution in [0.1, 0.15) is 17.7 Å². The van der Waals surface area contributed by atoms with Gasteiger partial charge >= 0.3 is 4.87 Å². The van der Waals surface area contributed by atoms with Gasteiger partial charge in [-0.1, -0.05) is 29.5 Å². The molecule has 2 heterocycles. The van der Waals surface area contributed by atoms with Gasteiger partial charge in [0, 0.05) is 36.8 Å². The van der Waals surface area contributed by atoms with E-state index in [-0.39, 0.29) is 10.8 Å². The van der Waals surface area contributed by atoms with Gasteiger partial charge in [-0.2, -0.15) is 5.10 Å². The molecule has 0 bridgehead atoms. The quantitative estimate of drug-likeness (QED) is 0.705. The predicted octanol–water partition coefficient (Wildman–Crippen LogP) is 2.15. The molecule has 2 aromatic heterocycles. The molecule has 0 aliphatic rings. The second kappa shape index (κ2) is 7.94. The van der Waals surface area contributed by atoms with Crippen LogP contribution in [0.3, 0.4) is 0 Å². The van der Waals surface area contributed by atoms with E-state index >= 15 is 0 Å². The third-order valence-corrected chi connectivity index (χ3v) is 4.81. The number of para-hydroxylation sites is 1. The maximum atomic E-state index is 11.9. The molecule has 0 spiro atoms. The van der Waals surface area contributed by atoms with Gasteiger partial charge < -0.3 is 9.88 Å². The number of aromatic nitrogens is 3. The van der Waals surface area contributed by atoms with Crippen LogP contribution in [0.5, 0.6) is 0 Å². The van der Waals surface area contributed by atoms with Crippen molar-refractivity contribution >= 4 is 17.2 Å². The average molecular weight is 356 g/mol. The van der Waals surface area contributed by atoms with Crippen LogP contribution in [0.4, 0.5) is 0 Å². The highest BCUT2D eigenvalue weighted by Gasteiger charge is 2.07. The van der Waals surface area contributed by atoms with Crippen molar-refractivity contribution in [3.05, 3.63) is 69.0 Å². The Morgan fingerprint density at radius 2 is 2.08 bits per heavy atom. The molecule has 3 rings (SSSR count). The van der Waals surface area contributed by atoms with Crippen molar-refractivity contribution in [3.63, 3.8) is 0 Å². The number of aryl methyl sites for hydroxylation is 1. The molecule has 0 atom stereocenters. The lowest BCUT2D eigenvalue weighted by molar-refractivity contribution is -0.121. The van der Waals surface area contributed by atoms with Crippen molar-refractivity contribution in [1.82, 2.24) is 19.7 Å². The molecular formula is C18H20N4O2S. The molecule has 0 saturated heterocycles. The summed E-state index contributed by atoms with van der Waals surface area (Å²) >= 11 is 1.16. The first-order valence-electron chi connectivity index (χ1n) is 8.14. The highest BCUT2D eigenvalue weighted by atomic mass is 32.1. The zero-order valence-corrected chi connectivity index (χ0v) is 14.8. The first-order valence-corrected chi connectivity index (χ1v) is 9.02. The summed E-state index contributed by atoms with van der Waals surface area (Å²) in [5, 5.41) is 9.04. The number of thiazole rings is 1. The summed E-state index contributed by atoms with van der Waals surface area (Å²) in [5.74, 6) is -0.0482. The summed E-state index contributed by atoms with van der Waals surface area (Å²) in [6.45, 7) is 2.85. The molecule has 0 fully saturated rings. The van der Waals surface area contributed by atoms with Crippen LogP contribution < -0.4 is 10.2 Å². The molecule has 0 saturated carbocycles. The number of benzene rings is 1. The van der Waals surface area contributed by atoms with Crippen LogP contribution in [0.15, 0.2) is 52.9 Å². The minimum absolute atomic E-state index is 0.0152. The molecule has 1 amide bonds. The molecule has 0 unspecified atom stereocenters. The molecule has 0 aliphatic carbocycles. The Morgan fingerprint density at radius 1 is 1.28 bits per heavy atom. The smallest absolute Gasteiger partial charge is 0.307 e. The zero-order valence-electron chi connectivity index (χ0n) is 14.0. The average Bonchev–Trinajstić information content (AvgIpc) is 3.21. The molecule has 7 heteroatoms. The molecule has 0 aliphatic heterocycles. The topological polar surface area (TPSA) is 68.9 Å². The fourth-order valence-corrected chi connectivity index (χ4v) is 3.29. The van der Waals surface area contributed by atoms with E-state index in [1.54, 1.807) is 4.57 Å². The van der Waals surface area contributed by atoms with E-state index in [9.17, 15) is 9.59 Å². The van der Waals surface area contributed by atoms with Crippen LogP contribution in [-0.2, 0) is 17.8 Å². The van der Waals surface area contributed by atoms with Crippen LogP contribution in [0, 0.1) is 6.92 Å². The molecule has 130 valence electrons. The predicted molar refractivity (Wildman–Crippen MR) is 98.2 cm³/mol. The summed E-state index contributed by atoms with van der Waals surface area (Å²) in [4.78, 5) is 23.5. The van der Waals surface area contributed by atoms with Crippen molar-refractivity contribution in [2.24, 2.45) is 0 Å². The molecule has 1 N–H and O–H groups in total. The van der Waals surface area contributed by atoms with Crippen molar-refractivity contribution in [1.29, 1.82) is 0 Å². The zero-order chi connectivity index (χ0) is 17.6. The highest BCUT2D eigenvalue weighted by Crippen LogP contribution is 2.07. The van der Waals surface area contributed by atoms with E-state index in [4.69, 9.17) is 0 Å².